The first-order valence-electron chi connectivity index (χ1n) is 7.02. The van der Waals surface area contributed by atoms with Crippen molar-refractivity contribution in [1.29, 1.82) is 0 Å². The van der Waals surface area contributed by atoms with Crippen LogP contribution in [0.15, 0.2) is 17.7 Å². The molecule has 0 aliphatic heterocycles. The van der Waals surface area contributed by atoms with E-state index in [0.717, 1.165) is 29.7 Å². The van der Waals surface area contributed by atoms with Crippen LogP contribution in [0.3, 0.4) is 0 Å². The van der Waals surface area contributed by atoms with E-state index < -0.39 is 5.97 Å². The normalized spacial score (nSPS) is 14.0. The van der Waals surface area contributed by atoms with E-state index in [9.17, 15) is 9.90 Å². The van der Waals surface area contributed by atoms with Gasteiger partial charge >= 0.3 is 5.97 Å². The summed E-state index contributed by atoms with van der Waals surface area (Å²) in [6.45, 7) is 4.98. The molecular weight excluding hydrogens is 256 g/mol. The Morgan fingerprint density at radius 1 is 1.15 bits per heavy atom. The van der Waals surface area contributed by atoms with E-state index in [1.54, 1.807) is 6.08 Å². The SMILES string of the molecule is CCOc1cc2c(cc1OCC)CCCC(C(=O)O)=C2. The number of aryl methyl sites for hydroxylation is 1. The maximum absolute atomic E-state index is 11.2. The van der Waals surface area contributed by atoms with Gasteiger partial charge in [-0.1, -0.05) is 0 Å². The highest BCUT2D eigenvalue weighted by atomic mass is 16.5. The molecule has 0 saturated heterocycles. The lowest BCUT2D eigenvalue weighted by molar-refractivity contribution is -0.132. The summed E-state index contributed by atoms with van der Waals surface area (Å²) in [6, 6.07) is 3.86. The molecule has 1 aliphatic carbocycles. The predicted molar refractivity (Wildman–Crippen MR) is 77.3 cm³/mol. The average molecular weight is 276 g/mol. The van der Waals surface area contributed by atoms with Crippen molar-refractivity contribution in [1.82, 2.24) is 0 Å². The molecular formula is C16H20O4. The van der Waals surface area contributed by atoms with Crippen molar-refractivity contribution < 1.29 is 19.4 Å². The Bertz CT molecular complexity index is 532. The summed E-state index contributed by atoms with van der Waals surface area (Å²) in [7, 11) is 0. The van der Waals surface area contributed by atoms with Crippen molar-refractivity contribution in [3.8, 4) is 11.5 Å². The molecule has 0 unspecified atom stereocenters. The molecule has 0 bridgehead atoms. The second kappa shape index (κ2) is 6.46. The average Bonchev–Trinajstić information content (AvgIpc) is 2.61. The molecule has 20 heavy (non-hydrogen) atoms. The van der Waals surface area contributed by atoms with E-state index in [4.69, 9.17) is 9.47 Å². The van der Waals surface area contributed by atoms with Crippen LogP contribution in [0.25, 0.3) is 6.08 Å². The molecule has 1 N–H and O–H groups in total. The fraction of sp³-hybridized carbons (Fsp3) is 0.438. The second-order valence-corrected chi connectivity index (χ2v) is 4.69. The maximum atomic E-state index is 11.2. The predicted octanol–water partition coefficient (Wildman–Crippen LogP) is 3.29. The van der Waals surface area contributed by atoms with Crippen LogP contribution in [0.2, 0.25) is 0 Å². The molecule has 1 aromatic rings. The molecule has 0 heterocycles. The van der Waals surface area contributed by atoms with Gasteiger partial charge in [0, 0.05) is 5.57 Å². The Balaban J connectivity index is 2.46. The molecule has 0 aromatic heterocycles. The van der Waals surface area contributed by atoms with Crippen molar-refractivity contribution in [3.63, 3.8) is 0 Å². The van der Waals surface area contributed by atoms with E-state index in [0.29, 0.717) is 31.0 Å². The topological polar surface area (TPSA) is 55.8 Å². The highest BCUT2D eigenvalue weighted by molar-refractivity contribution is 5.92. The highest BCUT2D eigenvalue weighted by Gasteiger charge is 2.17. The number of carboxylic acid groups (broad SMARTS) is 1. The van der Waals surface area contributed by atoms with Gasteiger partial charge in [0.05, 0.1) is 13.2 Å². The molecule has 0 fully saturated rings. The van der Waals surface area contributed by atoms with Gasteiger partial charge in [0.15, 0.2) is 11.5 Å². The number of ether oxygens (including phenoxy) is 2. The molecule has 0 saturated carbocycles. The lowest BCUT2D eigenvalue weighted by atomic mass is 10.0. The molecule has 2 rings (SSSR count). The molecule has 108 valence electrons. The number of hydrogen-bond donors (Lipinski definition) is 1. The molecule has 4 nitrogen and oxygen atoms in total. The summed E-state index contributed by atoms with van der Waals surface area (Å²) < 4.78 is 11.2. The van der Waals surface area contributed by atoms with Crippen LogP contribution in [0.5, 0.6) is 11.5 Å². The molecule has 1 aliphatic rings. The number of carboxylic acids is 1. The summed E-state index contributed by atoms with van der Waals surface area (Å²) in [5.41, 5.74) is 2.50. The number of hydrogen-bond acceptors (Lipinski definition) is 3. The third-order valence-corrected chi connectivity index (χ3v) is 3.30. The first kappa shape index (κ1) is 14.4. The quantitative estimate of drug-likeness (QED) is 0.896. The van der Waals surface area contributed by atoms with Crippen molar-refractivity contribution in [3.05, 3.63) is 28.8 Å². The highest BCUT2D eigenvalue weighted by Crippen LogP contribution is 2.34. The summed E-state index contributed by atoms with van der Waals surface area (Å²) in [5, 5.41) is 9.18. The minimum absolute atomic E-state index is 0.454. The molecule has 1 aromatic carbocycles. The smallest absolute Gasteiger partial charge is 0.331 e. The fourth-order valence-corrected chi connectivity index (χ4v) is 2.40. The van der Waals surface area contributed by atoms with E-state index in [1.807, 2.05) is 26.0 Å². The number of fused-ring (bicyclic) bond motifs is 1. The van der Waals surface area contributed by atoms with Gasteiger partial charge in [-0.25, -0.2) is 4.79 Å². The summed E-state index contributed by atoms with van der Waals surface area (Å²) in [5.74, 6) is 0.570. The number of aliphatic carboxylic acids is 1. The molecule has 0 amide bonds. The van der Waals surface area contributed by atoms with Gasteiger partial charge in [0.1, 0.15) is 0 Å². The van der Waals surface area contributed by atoms with Crippen molar-refractivity contribution in [2.45, 2.75) is 33.1 Å². The monoisotopic (exact) mass is 276 g/mol. The number of rotatable bonds is 5. The fourth-order valence-electron chi connectivity index (χ4n) is 2.40. The Kier molecular flexibility index (Phi) is 4.66. The van der Waals surface area contributed by atoms with Gasteiger partial charge in [0.2, 0.25) is 0 Å². The van der Waals surface area contributed by atoms with Gasteiger partial charge in [-0.3, -0.25) is 0 Å². The maximum Gasteiger partial charge on any atom is 0.331 e. The van der Waals surface area contributed by atoms with Crippen molar-refractivity contribution in [2.75, 3.05) is 13.2 Å². The first-order valence-corrected chi connectivity index (χ1v) is 7.02. The zero-order chi connectivity index (χ0) is 14.5. The van der Waals surface area contributed by atoms with Gasteiger partial charge in [-0.05, 0) is 62.4 Å². The van der Waals surface area contributed by atoms with Gasteiger partial charge < -0.3 is 14.6 Å². The minimum Gasteiger partial charge on any atom is -0.490 e. The van der Waals surface area contributed by atoms with Crippen LogP contribution in [0.1, 0.15) is 37.8 Å². The number of benzene rings is 1. The summed E-state index contributed by atoms with van der Waals surface area (Å²) in [6.07, 6.45) is 4.04. The van der Waals surface area contributed by atoms with Crippen molar-refractivity contribution >= 4 is 12.0 Å². The lowest BCUT2D eigenvalue weighted by Crippen LogP contribution is -2.01. The zero-order valence-electron chi connectivity index (χ0n) is 11.9. The van der Waals surface area contributed by atoms with Crippen LogP contribution in [0, 0.1) is 0 Å². The van der Waals surface area contributed by atoms with Crippen LogP contribution < -0.4 is 9.47 Å². The second-order valence-electron chi connectivity index (χ2n) is 4.69. The van der Waals surface area contributed by atoms with Gasteiger partial charge in [-0.15, -0.1) is 0 Å². The van der Waals surface area contributed by atoms with Crippen LogP contribution >= 0.6 is 0 Å². The molecule has 4 heteroatoms. The van der Waals surface area contributed by atoms with Crippen LogP contribution in [0.4, 0.5) is 0 Å². The third-order valence-electron chi connectivity index (χ3n) is 3.30. The van der Waals surface area contributed by atoms with Crippen LogP contribution in [-0.4, -0.2) is 24.3 Å². The Morgan fingerprint density at radius 2 is 1.80 bits per heavy atom. The summed E-state index contributed by atoms with van der Waals surface area (Å²) >= 11 is 0. The standard InChI is InChI=1S/C16H20O4/c1-3-19-14-9-11-6-5-7-12(16(17)18)8-13(11)10-15(14)20-4-2/h8-10H,3-7H2,1-2H3,(H,17,18). The van der Waals surface area contributed by atoms with E-state index >= 15 is 0 Å². The zero-order valence-corrected chi connectivity index (χ0v) is 11.9. The molecule has 0 radical (unpaired) electrons. The lowest BCUT2D eigenvalue weighted by Gasteiger charge is -2.14. The van der Waals surface area contributed by atoms with Crippen LogP contribution in [-0.2, 0) is 11.2 Å². The first-order chi connectivity index (χ1) is 9.65. The van der Waals surface area contributed by atoms with Gasteiger partial charge in [-0.2, -0.15) is 0 Å². The summed E-state index contributed by atoms with van der Waals surface area (Å²) in [4.78, 5) is 11.2. The molecule has 0 spiro atoms. The van der Waals surface area contributed by atoms with Crippen molar-refractivity contribution in [2.24, 2.45) is 0 Å². The minimum atomic E-state index is -0.843. The Labute approximate surface area is 119 Å². The molecule has 0 atom stereocenters. The Hall–Kier alpha value is -1.97. The van der Waals surface area contributed by atoms with E-state index in [1.165, 1.54) is 0 Å². The van der Waals surface area contributed by atoms with E-state index in [2.05, 4.69) is 0 Å². The number of carbonyl (C=O) groups is 1. The largest absolute Gasteiger partial charge is 0.490 e. The van der Waals surface area contributed by atoms with Gasteiger partial charge in [0.25, 0.3) is 0 Å². The van der Waals surface area contributed by atoms with E-state index in [-0.39, 0.29) is 0 Å². The third kappa shape index (κ3) is 3.13. The Morgan fingerprint density at radius 3 is 2.40 bits per heavy atom.